The molecule has 126 valence electrons. The Kier molecular flexibility index (Phi) is 4.16. The third-order valence-electron chi connectivity index (χ3n) is 3.49. The van der Waals surface area contributed by atoms with Crippen LogP contribution in [0, 0.1) is 5.82 Å². The van der Waals surface area contributed by atoms with E-state index in [0.717, 1.165) is 11.1 Å². The molecule has 3 aromatic heterocycles. The standard InChI is InChI=1S/C14H15FN6O2S/c15-12-5-10(8-21-13(12)19-14(16)20-21)3-1-2-9-4-11(7-18-6-9)24(17,22)23/h4-8H,1-3H2,(H2,16,20)(H2,17,22,23). The quantitative estimate of drug-likeness (QED) is 0.695. The highest BCUT2D eigenvalue weighted by molar-refractivity contribution is 7.89. The van der Waals surface area contributed by atoms with Gasteiger partial charge in [0.05, 0.1) is 0 Å². The molecule has 0 aromatic carbocycles. The average Bonchev–Trinajstić information content (AvgIpc) is 2.88. The SMILES string of the molecule is Nc1nc2c(F)cc(CCCc3cncc(S(N)(=O)=O)c3)cn2n1. The van der Waals surface area contributed by atoms with Gasteiger partial charge >= 0.3 is 0 Å². The first-order valence-corrected chi connectivity index (χ1v) is 8.64. The molecule has 0 aliphatic rings. The summed E-state index contributed by atoms with van der Waals surface area (Å²) in [7, 11) is -3.77. The zero-order chi connectivity index (χ0) is 17.3. The van der Waals surface area contributed by atoms with Gasteiger partial charge in [0, 0.05) is 18.6 Å². The Morgan fingerprint density at radius 1 is 1.17 bits per heavy atom. The van der Waals surface area contributed by atoms with Crippen molar-refractivity contribution in [3.05, 3.63) is 47.7 Å². The molecular weight excluding hydrogens is 335 g/mol. The van der Waals surface area contributed by atoms with Crippen LogP contribution in [0.2, 0.25) is 0 Å². The van der Waals surface area contributed by atoms with Crippen molar-refractivity contribution in [2.24, 2.45) is 5.14 Å². The van der Waals surface area contributed by atoms with Crippen LogP contribution in [0.25, 0.3) is 5.65 Å². The van der Waals surface area contributed by atoms with Gasteiger partial charge in [-0.25, -0.2) is 22.5 Å². The predicted molar refractivity (Wildman–Crippen MR) is 85.0 cm³/mol. The molecule has 3 aromatic rings. The molecule has 0 saturated heterocycles. The number of hydrogen-bond acceptors (Lipinski definition) is 6. The van der Waals surface area contributed by atoms with Crippen LogP contribution >= 0.6 is 0 Å². The maximum Gasteiger partial charge on any atom is 0.240 e. The number of nitrogens with zero attached hydrogens (tertiary/aromatic N) is 4. The van der Waals surface area contributed by atoms with E-state index >= 15 is 0 Å². The topological polar surface area (TPSA) is 129 Å². The van der Waals surface area contributed by atoms with Crippen molar-refractivity contribution in [2.45, 2.75) is 24.2 Å². The van der Waals surface area contributed by atoms with E-state index in [0.29, 0.717) is 19.3 Å². The smallest absolute Gasteiger partial charge is 0.240 e. The first kappa shape index (κ1) is 16.3. The maximum absolute atomic E-state index is 13.9. The molecule has 0 saturated carbocycles. The summed E-state index contributed by atoms with van der Waals surface area (Å²) in [5.74, 6) is -0.480. The summed E-state index contributed by atoms with van der Waals surface area (Å²) in [5.41, 5.74) is 7.02. The van der Waals surface area contributed by atoms with E-state index < -0.39 is 15.8 Å². The fraction of sp³-hybridized carbons (Fsp3) is 0.214. The van der Waals surface area contributed by atoms with E-state index in [1.54, 1.807) is 12.4 Å². The van der Waals surface area contributed by atoms with Crippen molar-refractivity contribution >= 4 is 21.6 Å². The number of pyridine rings is 2. The molecule has 0 aliphatic heterocycles. The predicted octanol–water partition coefficient (Wildman–Crippen LogP) is 0.668. The number of hydrogen-bond donors (Lipinski definition) is 2. The summed E-state index contributed by atoms with van der Waals surface area (Å²) >= 11 is 0. The number of aromatic nitrogens is 4. The molecule has 4 N–H and O–H groups in total. The molecule has 0 amide bonds. The lowest BCUT2D eigenvalue weighted by Crippen LogP contribution is -2.12. The summed E-state index contributed by atoms with van der Waals surface area (Å²) in [6.07, 6.45) is 6.28. The highest BCUT2D eigenvalue weighted by atomic mass is 32.2. The van der Waals surface area contributed by atoms with Gasteiger partial charge in [0.25, 0.3) is 0 Å². The lowest BCUT2D eigenvalue weighted by Gasteiger charge is -2.05. The van der Waals surface area contributed by atoms with Crippen molar-refractivity contribution in [2.75, 3.05) is 5.73 Å². The normalized spacial score (nSPS) is 11.9. The Bertz CT molecular complexity index is 1000. The second kappa shape index (κ2) is 6.13. The number of fused-ring (bicyclic) bond motifs is 1. The van der Waals surface area contributed by atoms with Crippen LogP contribution < -0.4 is 10.9 Å². The Morgan fingerprint density at radius 2 is 1.92 bits per heavy atom. The largest absolute Gasteiger partial charge is 0.366 e. The van der Waals surface area contributed by atoms with Crippen molar-refractivity contribution in [3.63, 3.8) is 0 Å². The lowest BCUT2D eigenvalue weighted by atomic mass is 10.1. The molecule has 24 heavy (non-hydrogen) atoms. The van der Waals surface area contributed by atoms with Crippen LogP contribution in [-0.4, -0.2) is 28.0 Å². The summed E-state index contributed by atoms with van der Waals surface area (Å²) in [5, 5.41) is 8.97. The van der Waals surface area contributed by atoms with E-state index in [1.807, 2.05) is 0 Å². The van der Waals surface area contributed by atoms with Gasteiger partial charge in [-0.1, -0.05) is 0 Å². The van der Waals surface area contributed by atoms with Crippen LogP contribution in [-0.2, 0) is 22.9 Å². The zero-order valence-electron chi connectivity index (χ0n) is 12.6. The number of nitrogens with two attached hydrogens (primary N) is 2. The maximum atomic E-state index is 13.9. The fourth-order valence-corrected chi connectivity index (χ4v) is 2.93. The van der Waals surface area contributed by atoms with Gasteiger partial charge in [0.15, 0.2) is 11.5 Å². The molecule has 0 unspecified atom stereocenters. The summed E-state index contributed by atoms with van der Waals surface area (Å²) in [4.78, 5) is 7.65. The molecule has 0 bridgehead atoms. The van der Waals surface area contributed by atoms with Crippen molar-refractivity contribution in [3.8, 4) is 0 Å². The van der Waals surface area contributed by atoms with Crippen molar-refractivity contribution < 1.29 is 12.8 Å². The van der Waals surface area contributed by atoms with Gasteiger partial charge in [-0.2, -0.15) is 4.98 Å². The van der Waals surface area contributed by atoms with Gasteiger partial charge in [0.1, 0.15) is 4.90 Å². The van der Waals surface area contributed by atoms with E-state index in [9.17, 15) is 12.8 Å². The molecule has 10 heteroatoms. The summed E-state index contributed by atoms with van der Waals surface area (Å²) in [6, 6.07) is 2.88. The molecule has 0 atom stereocenters. The summed E-state index contributed by atoms with van der Waals surface area (Å²) < 4.78 is 37.9. The number of anilines is 1. The number of sulfonamides is 1. The molecule has 0 aliphatic carbocycles. The number of halogens is 1. The van der Waals surface area contributed by atoms with Crippen LogP contribution in [0.15, 0.2) is 35.6 Å². The van der Waals surface area contributed by atoms with Crippen molar-refractivity contribution in [1.29, 1.82) is 0 Å². The molecular formula is C14H15FN6O2S. The first-order chi connectivity index (χ1) is 11.3. The van der Waals surface area contributed by atoms with Crippen LogP contribution in [0.4, 0.5) is 10.3 Å². The molecule has 3 rings (SSSR count). The lowest BCUT2D eigenvalue weighted by molar-refractivity contribution is 0.597. The Morgan fingerprint density at radius 3 is 2.67 bits per heavy atom. The monoisotopic (exact) mass is 350 g/mol. The second-order valence-electron chi connectivity index (χ2n) is 5.36. The third-order valence-corrected chi connectivity index (χ3v) is 4.37. The Hall–Kier alpha value is -2.59. The highest BCUT2D eigenvalue weighted by Gasteiger charge is 2.10. The van der Waals surface area contributed by atoms with Crippen LogP contribution in [0.1, 0.15) is 17.5 Å². The van der Waals surface area contributed by atoms with Gasteiger partial charge in [-0.15, -0.1) is 5.10 Å². The number of primary sulfonamides is 1. The minimum absolute atomic E-state index is 0.0110. The number of aryl methyl sites for hydroxylation is 2. The second-order valence-corrected chi connectivity index (χ2v) is 6.92. The average molecular weight is 350 g/mol. The van der Waals surface area contributed by atoms with Gasteiger partial charge in [0.2, 0.25) is 16.0 Å². The fourth-order valence-electron chi connectivity index (χ4n) is 2.40. The number of nitrogen functional groups attached to an aromatic ring is 1. The highest BCUT2D eigenvalue weighted by Crippen LogP contribution is 2.15. The minimum Gasteiger partial charge on any atom is -0.366 e. The van der Waals surface area contributed by atoms with E-state index in [1.165, 1.54) is 22.8 Å². The van der Waals surface area contributed by atoms with Gasteiger partial charge in [-0.3, -0.25) is 4.98 Å². The van der Waals surface area contributed by atoms with Crippen molar-refractivity contribution in [1.82, 2.24) is 19.6 Å². The molecule has 0 radical (unpaired) electrons. The van der Waals surface area contributed by atoms with Gasteiger partial charge < -0.3 is 5.73 Å². The van der Waals surface area contributed by atoms with E-state index in [2.05, 4.69) is 15.1 Å². The first-order valence-electron chi connectivity index (χ1n) is 7.10. The molecule has 8 nitrogen and oxygen atoms in total. The van der Waals surface area contributed by atoms with E-state index in [4.69, 9.17) is 10.9 Å². The molecule has 0 fully saturated rings. The number of rotatable bonds is 5. The van der Waals surface area contributed by atoms with Crippen LogP contribution in [0.3, 0.4) is 0 Å². The van der Waals surface area contributed by atoms with Crippen LogP contribution in [0.5, 0.6) is 0 Å². The Balaban J connectivity index is 1.71. The summed E-state index contributed by atoms with van der Waals surface area (Å²) in [6.45, 7) is 0. The zero-order valence-corrected chi connectivity index (χ0v) is 13.4. The third kappa shape index (κ3) is 3.49. The van der Waals surface area contributed by atoms with E-state index in [-0.39, 0.29) is 16.5 Å². The molecule has 0 spiro atoms. The Labute approximate surface area is 137 Å². The van der Waals surface area contributed by atoms with Gasteiger partial charge in [-0.05, 0) is 42.5 Å². The molecule has 3 heterocycles. The minimum atomic E-state index is -3.77.